The molecule has 130 valence electrons. The Kier molecular flexibility index (Phi) is 4.14. The molecule has 0 amide bonds. The number of H-pyrrole nitrogens is 1. The third-order valence-corrected chi connectivity index (χ3v) is 4.23. The second-order valence-electron chi connectivity index (χ2n) is 6.12. The van der Waals surface area contributed by atoms with Gasteiger partial charge in [-0.2, -0.15) is 10.1 Å². The largest absolute Gasteiger partial charge is 0.353 e. The number of aromatic amines is 1. The average molecular weight is 340 g/mol. The first-order valence-electron chi connectivity index (χ1n) is 8.30. The molecule has 1 saturated heterocycles. The van der Waals surface area contributed by atoms with E-state index in [1.54, 1.807) is 6.20 Å². The number of pyridine rings is 1. The van der Waals surface area contributed by atoms with Crippen molar-refractivity contribution in [3.8, 4) is 11.5 Å². The van der Waals surface area contributed by atoms with E-state index in [-0.39, 0.29) is 0 Å². The van der Waals surface area contributed by atoms with Crippen LogP contribution in [0.25, 0.3) is 11.5 Å². The molecule has 1 aliphatic rings. The third-order valence-electron chi connectivity index (χ3n) is 4.23. The fraction of sp³-hybridized carbons (Fsp3) is 0.438. The van der Waals surface area contributed by atoms with E-state index in [9.17, 15) is 0 Å². The second kappa shape index (κ2) is 6.60. The molecule has 0 radical (unpaired) electrons. The first-order valence-corrected chi connectivity index (χ1v) is 8.30. The van der Waals surface area contributed by atoms with Crippen molar-refractivity contribution in [2.45, 2.75) is 20.4 Å². The topological polar surface area (TPSA) is 99.9 Å². The maximum atomic E-state index is 5.33. The van der Waals surface area contributed by atoms with Crippen molar-refractivity contribution in [3.05, 3.63) is 35.8 Å². The van der Waals surface area contributed by atoms with Crippen LogP contribution in [0.1, 0.15) is 17.5 Å². The van der Waals surface area contributed by atoms with Gasteiger partial charge in [0.15, 0.2) is 11.6 Å². The van der Waals surface area contributed by atoms with Crippen molar-refractivity contribution >= 4 is 5.82 Å². The van der Waals surface area contributed by atoms with E-state index in [2.05, 4.69) is 40.1 Å². The summed E-state index contributed by atoms with van der Waals surface area (Å²) in [5, 5.41) is 11.0. The summed E-state index contributed by atoms with van der Waals surface area (Å²) in [5.41, 5.74) is 0.876. The Hall–Kier alpha value is -2.81. The van der Waals surface area contributed by atoms with Gasteiger partial charge in [0.2, 0.25) is 0 Å². The van der Waals surface area contributed by atoms with Gasteiger partial charge in [0.25, 0.3) is 5.89 Å². The van der Waals surface area contributed by atoms with Gasteiger partial charge in [0.05, 0.1) is 12.1 Å². The molecule has 3 aromatic heterocycles. The van der Waals surface area contributed by atoms with Gasteiger partial charge in [0.1, 0.15) is 11.6 Å². The molecule has 9 heteroatoms. The molecule has 0 unspecified atom stereocenters. The Labute approximate surface area is 145 Å². The number of nitrogens with zero attached hydrogens (tertiary/aromatic N) is 7. The summed E-state index contributed by atoms with van der Waals surface area (Å²) in [6.45, 7) is 8.08. The van der Waals surface area contributed by atoms with Gasteiger partial charge in [-0.05, 0) is 26.0 Å². The van der Waals surface area contributed by atoms with E-state index in [0.29, 0.717) is 11.7 Å². The zero-order valence-corrected chi connectivity index (χ0v) is 14.3. The molecule has 0 bridgehead atoms. The molecule has 0 atom stereocenters. The lowest BCUT2D eigenvalue weighted by molar-refractivity contribution is 0.244. The van der Waals surface area contributed by atoms with Crippen LogP contribution in [0.3, 0.4) is 0 Å². The van der Waals surface area contributed by atoms with Gasteiger partial charge < -0.3 is 9.42 Å². The lowest BCUT2D eigenvalue weighted by Crippen LogP contribution is -2.46. The van der Waals surface area contributed by atoms with Crippen LogP contribution in [0.4, 0.5) is 5.82 Å². The molecule has 1 aliphatic heterocycles. The van der Waals surface area contributed by atoms with Gasteiger partial charge >= 0.3 is 0 Å². The Morgan fingerprint density at radius 3 is 2.68 bits per heavy atom. The van der Waals surface area contributed by atoms with Crippen LogP contribution >= 0.6 is 0 Å². The Balaban J connectivity index is 1.46. The fourth-order valence-corrected chi connectivity index (χ4v) is 3.00. The van der Waals surface area contributed by atoms with E-state index < -0.39 is 0 Å². The zero-order chi connectivity index (χ0) is 17.2. The van der Waals surface area contributed by atoms with Crippen molar-refractivity contribution in [3.63, 3.8) is 0 Å². The van der Waals surface area contributed by atoms with E-state index in [0.717, 1.165) is 55.8 Å². The van der Waals surface area contributed by atoms with Crippen LogP contribution in [0.5, 0.6) is 0 Å². The van der Waals surface area contributed by atoms with E-state index >= 15 is 0 Å². The maximum Gasteiger partial charge on any atom is 0.261 e. The lowest BCUT2D eigenvalue weighted by atomic mass is 10.2. The minimum atomic E-state index is 0.513. The summed E-state index contributed by atoms with van der Waals surface area (Å²) in [6, 6.07) is 3.86. The molecule has 0 saturated carbocycles. The molecular weight excluding hydrogens is 320 g/mol. The van der Waals surface area contributed by atoms with Crippen molar-refractivity contribution in [2.24, 2.45) is 0 Å². The summed E-state index contributed by atoms with van der Waals surface area (Å²) >= 11 is 0. The second-order valence-corrected chi connectivity index (χ2v) is 6.12. The highest BCUT2D eigenvalue weighted by molar-refractivity contribution is 5.69. The molecule has 4 rings (SSSR count). The Bertz CT molecular complexity index is 849. The maximum absolute atomic E-state index is 5.33. The smallest absolute Gasteiger partial charge is 0.261 e. The van der Waals surface area contributed by atoms with Crippen LogP contribution in [-0.2, 0) is 6.54 Å². The minimum absolute atomic E-state index is 0.513. The SMILES string of the molecule is Cc1noc(-c2cccnc2N2CCN(Cc3n[nH]c(C)n3)CC2)n1. The summed E-state index contributed by atoms with van der Waals surface area (Å²) < 4.78 is 5.33. The summed E-state index contributed by atoms with van der Waals surface area (Å²) in [6.07, 6.45) is 1.80. The van der Waals surface area contributed by atoms with Gasteiger partial charge in [0, 0.05) is 32.4 Å². The molecule has 0 aromatic carbocycles. The number of rotatable bonds is 4. The molecule has 1 fully saturated rings. The van der Waals surface area contributed by atoms with Crippen molar-refractivity contribution in [2.75, 3.05) is 31.1 Å². The van der Waals surface area contributed by atoms with E-state index in [1.807, 2.05) is 26.0 Å². The molecule has 0 spiro atoms. The van der Waals surface area contributed by atoms with Crippen LogP contribution < -0.4 is 4.90 Å². The average Bonchev–Trinajstić information content (AvgIpc) is 3.24. The molecule has 0 aliphatic carbocycles. The van der Waals surface area contributed by atoms with Crippen molar-refractivity contribution in [1.29, 1.82) is 0 Å². The molecule has 4 heterocycles. The molecule has 25 heavy (non-hydrogen) atoms. The van der Waals surface area contributed by atoms with Crippen LogP contribution in [-0.4, -0.2) is 61.4 Å². The third kappa shape index (κ3) is 3.36. The quantitative estimate of drug-likeness (QED) is 0.756. The molecule has 9 nitrogen and oxygen atoms in total. The number of anilines is 1. The number of aromatic nitrogens is 6. The molecular formula is C16H20N8O. The highest BCUT2D eigenvalue weighted by Crippen LogP contribution is 2.28. The first kappa shape index (κ1) is 15.7. The Morgan fingerprint density at radius 1 is 1.16 bits per heavy atom. The van der Waals surface area contributed by atoms with E-state index in [4.69, 9.17) is 4.52 Å². The molecule has 1 N–H and O–H groups in total. The monoisotopic (exact) mass is 340 g/mol. The highest BCUT2D eigenvalue weighted by atomic mass is 16.5. The van der Waals surface area contributed by atoms with Gasteiger partial charge in [-0.1, -0.05) is 5.16 Å². The summed E-state index contributed by atoms with van der Waals surface area (Å²) in [7, 11) is 0. The summed E-state index contributed by atoms with van der Waals surface area (Å²) in [4.78, 5) is 17.9. The number of aryl methyl sites for hydroxylation is 2. The lowest BCUT2D eigenvalue weighted by Gasteiger charge is -2.35. The zero-order valence-electron chi connectivity index (χ0n) is 14.3. The predicted molar refractivity (Wildman–Crippen MR) is 90.9 cm³/mol. The Morgan fingerprint density at radius 2 is 2.00 bits per heavy atom. The van der Waals surface area contributed by atoms with Gasteiger partial charge in [-0.15, -0.1) is 0 Å². The number of hydrogen-bond donors (Lipinski definition) is 1. The van der Waals surface area contributed by atoms with E-state index in [1.165, 1.54) is 0 Å². The van der Waals surface area contributed by atoms with Crippen LogP contribution in [0.2, 0.25) is 0 Å². The normalized spacial score (nSPS) is 15.7. The standard InChI is InChI=1S/C16H20N8O/c1-11-18-14(21-20-11)10-23-6-8-24(9-7-23)15-13(4-3-5-17-15)16-19-12(2)22-25-16/h3-5H,6-10H2,1-2H3,(H,18,20,21). The van der Waals surface area contributed by atoms with Gasteiger partial charge in [-0.25, -0.2) is 9.97 Å². The number of hydrogen-bond acceptors (Lipinski definition) is 8. The molecule has 3 aromatic rings. The minimum Gasteiger partial charge on any atom is -0.353 e. The van der Waals surface area contributed by atoms with Crippen LogP contribution in [0, 0.1) is 13.8 Å². The number of nitrogens with one attached hydrogen (secondary N) is 1. The predicted octanol–water partition coefficient (Wildman–Crippen LogP) is 1.19. The fourth-order valence-electron chi connectivity index (χ4n) is 3.00. The van der Waals surface area contributed by atoms with Crippen molar-refractivity contribution in [1.82, 2.24) is 35.2 Å². The van der Waals surface area contributed by atoms with Crippen molar-refractivity contribution < 1.29 is 4.52 Å². The summed E-state index contributed by atoms with van der Waals surface area (Å²) in [5.74, 6) is 3.71. The van der Waals surface area contributed by atoms with Gasteiger partial charge in [-0.3, -0.25) is 10.00 Å². The van der Waals surface area contributed by atoms with Crippen LogP contribution in [0.15, 0.2) is 22.9 Å². The highest BCUT2D eigenvalue weighted by Gasteiger charge is 2.23. The number of piperazine rings is 1. The first-order chi connectivity index (χ1) is 12.2.